The molecule has 32 heavy (non-hydrogen) atoms. The van der Waals surface area contributed by atoms with Crippen LogP contribution in [0.25, 0.3) is 0 Å². The maximum atomic E-state index is 12.3. The second-order valence-corrected chi connectivity index (χ2v) is 7.17. The number of para-hydroxylation sites is 1. The summed E-state index contributed by atoms with van der Waals surface area (Å²) in [6.07, 6.45) is 2.08. The molecule has 3 aromatic carbocycles. The maximum absolute atomic E-state index is 12.3. The summed E-state index contributed by atoms with van der Waals surface area (Å²) in [7, 11) is 0. The number of amides is 1. The lowest BCUT2D eigenvalue weighted by molar-refractivity contribution is -0.114. The number of nitrogens with one attached hydrogen (secondary N) is 2. The highest BCUT2D eigenvalue weighted by Crippen LogP contribution is 2.19. The second kappa shape index (κ2) is 12.9. The molecule has 0 bridgehead atoms. The lowest BCUT2D eigenvalue weighted by Crippen LogP contribution is -2.21. The zero-order chi connectivity index (χ0) is 22.4. The summed E-state index contributed by atoms with van der Waals surface area (Å²) in [5.74, 6) is 2.14. The zero-order valence-electron chi connectivity index (χ0n) is 18.4. The van der Waals surface area contributed by atoms with Crippen molar-refractivity contribution in [2.24, 2.45) is 0 Å². The summed E-state index contributed by atoms with van der Waals surface area (Å²) in [6, 6.07) is 24.6. The lowest BCUT2D eigenvalue weighted by Gasteiger charge is -2.12. The second-order valence-electron chi connectivity index (χ2n) is 7.17. The number of unbranched alkanes of at least 4 members (excludes halogenated alkanes) is 1. The van der Waals surface area contributed by atoms with E-state index in [1.165, 1.54) is 0 Å². The lowest BCUT2D eigenvalue weighted by atomic mass is 10.3. The summed E-state index contributed by atoms with van der Waals surface area (Å²) in [5, 5.41) is 6.01. The SMILES string of the molecule is CCCCOc1cccc(NC(=O)CNc2cccc(OCCOc3ccccc3)c2)c1. The van der Waals surface area contributed by atoms with Crippen LogP contribution in [0.4, 0.5) is 11.4 Å². The Kier molecular flexibility index (Phi) is 9.27. The molecule has 3 rings (SSSR count). The molecule has 6 heteroatoms. The van der Waals surface area contributed by atoms with E-state index in [2.05, 4.69) is 17.6 Å². The molecule has 0 spiro atoms. The van der Waals surface area contributed by atoms with Crippen molar-refractivity contribution in [2.45, 2.75) is 19.8 Å². The number of hydrogen-bond donors (Lipinski definition) is 2. The molecule has 0 saturated carbocycles. The summed E-state index contributed by atoms with van der Waals surface area (Å²) < 4.78 is 17.1. The van der Waals surface area contributed by atoms with Crippen LogP contribution in [0.1, 0.15) is 19.8 Å². The first-order valence-corrected chi connectivity index (χ1v) is 10.9. The largest absolute Gasteiger partial charge is 0.494 e. The molecule has 3 aromatic rings. The Morgan fingerprint density at radius 1 is 0.719 bits per heavy atom. The van der Waals surface area contributed by atoms with E-state index in [1.807, 2.05) is 78.9 Å². The van der Waals surface area contributed by atoms with Gasteiger partial charge < -0.3 is 24.8 Å². The summed E-state index contributed by atoms with van der Waals surface area (Å²) >= 11 is 0. The third-order valence-electron chi connectivity index (χ3n) is 4.54. The fourth-order valence-electron chi connectivity index (χ4n) is 2.92. The Hall–Kier alpha value is -3.67. The van der Waals surface area contributed by atoms with Gasteiger partial charge in [0.15, 0.2) is 0 Å². The number of benzene rings is 3. The first kappa shape index (κ1) is 23.0. The number of ether oxygens (including phenoxy) is 3. The van der Waals surface area contributed by atoms with Crippen LogP contribution in [0.2, 0.25) is 0 Å². The van der Waals surface area contributed by atoms with Gasteiger partial charge in [0.05, 0.1) is 13.2 Å². The Bertz CT molecular complexity index is 963. The van der Waals surface area contributed by atoms with Gasteiger partial charge in [0.1, 0.15) is 30.5 Å². The molecular weight excluding hydrogens is 404 g/mol. The topological polar surface area (TPSA) is 68.8 Å². The van der Waals surface area contributed by atoms with Gasteiger partial charge in [-0.15, -0.1) is 0 Å². The van der Waals surface area contributed by atoms with Crippen molar-refractivity contribution < 1.29 is 19.0 Å². The number of carbonyl (C=O) groups is 1. The quantitative estimate of drug-likeness (QED) is 0.354. The van der Waals surface area contributed by atoms with Crippen molar-refractivity contribution in [2.75, 3.05) is 37.0 Å². The smallest absolute Gasteiger partial charge is 0.243 e. The minimum atomic E-state index is -0.140. The molecule has 0 radical (unpaired) electrons. The number of hydrogen-bond acceptors (Lipinski definition) is 5. The van der Waals surface area contributed by atoms with E-state index in [4.69, 9.17) is 14.2 Å². The van der Waals surface area contributed by atoms with Gasteiger partial charge in [0.2, 0.25) is 5.91 Å². The molecule has 2 N–H and O–H groups in total. The van der Waals surface area contributed by atoms with Crippen LogP contribution in [-0.2, 0) is 4.79 Å². The van der Waals surface area contributed by atoms with Gasteiger partial charge in [-0.05, 0) is 42.8 Å². The van der Waals surface area contributed by atoms with Crippen molar-refractivity contribution >= 4 is 17.3 Å². The summed E-state index contributed by atoms with van der Waals surface area (Å²) in [6.45, 7) is 3.81. The predicted molar refractivity (Wildman–Crippen MR) is 128 cm³/mol. The van der Waals surface area contributed by atoms with Crippen LogP contribution in [0.5, 0.6) is 17.2 Å². The highest BCUT2D eigenvalue weighted by atomic mass is 16.5. The molecule has 168 valence electrons. The summed E-state index contributed by atoms with van der Waals surface area (Å²) in [4.78, 5) is 12.3. The summed E-state index contributed by atoms with van der Waals surface area (Å²) in [5.41, 5.74) is 1.51. The molecule has 0 aliphatic carbocycles. The van der Waals surface area contributed by atoms with Crippen molar-refractivity contribution in [3.05, 3.63) is 78.9 Å². The third-order valence-corrected chi connectivity index (χ3v) is 4.54. The Balaban J connectivity index is 1.40. The zero-order valence-corrected chi connectivity index (χ0v) is 18.4. The average molecular weight is 435 g/mol. The third kappa shape index (κ3) is 8.22. The molecule has 0 atom stereocenters. The van der Waals surface area contributed by atoms with Gasteiger partial charge in [-0.2, -0.15) is 0 Å². The van der Waals surface area contributed by atoms with Crippen molar-refractivity contribution in [3.8, 4) is 17.2 Å². The predicted octanol–water partition coefficient (Wildman–Crippen LogP) is 5.37. The van der Waals surface area contributed by atoms with E-state index in [9.17, 15) is 4.79 Å². The molecule has 1 amide bonds. The Labute approximate surface area is 189 Å². The number of rotatable bonds is 13. The van der Waals surface area contributed by atoms with Gasteiger partial charge in [-0.25, -0.2) is 0 Å². The van der Waals surface area contributed by atoms with Crippen molar-refractivity contribution in [1.29, 1.82) is 0 Å². The van der Waals surface area contributed by atoms with E-state index >= 15 is 0 Å². The standard InChI is InChI=1S/C26H30N2O4/c1-2-3-15-30-25-14-8-10-22(19-25)28-26(29)20-27-21-9-7-13-24(18-21)32-17-16-31-23-11-5-4-6-12-23/h4-14,18-19,27H,2-3,15-17,20H2,1H3,(H,28,29). The van der Waals surface area contributed by atoms with Gasteiger partial charge in [0, 0.05) is 23.5 Å². The molecular formula is C26H30N2O4. The molecule has 0 heterocycles. The fourth-order valence-corrected chi connectivity index (χ4v) is 2.92. The minimum Gasteiger partial charge on any atom is -0.494 e. The molecule has 0 saturated heterocycles. The molecule has 0 aromatic heterocycles. The number of anilines is 2. The van der Waals surface area contributed by atoms with E-state index < -0.39 is 0 Å². The van der Waals surface area contributed by atoms with Crippen LogP contribution in [0.15, 0.2) is 78.9 Å². The van der Waals surface area contributed by atoms with Gasteiger partial charge in [-0.1, -0.05) is 43.7 Å². The van der Waals surface area contributed by atoms with Crippen LogP contribution in [-0.4, -0.2) is 32.3 Å². The van der Waals surface area contributed by atoms with Gasteiger partial charge >= 0.3 is 0 Å². The van der Waals surface area contributed by atoms with E-state index in [0.29, 0.717) is 31.3 Å². The first-order valence-electron chi connectivity index (χ1n) is 10.9. The first-order chi connectivity index (χ1) is 15.7. The fraction of sp³-hybridized carbons (Fsp3) is 0.269. The van der Waals surface area contributed by atoms with E-state index in [0.717, 1.165) is 30.0 Å². The van der Waals surface area contributed by atoms with Crippen LogP contribution in [0.3, 0.4) is 0 Å². The van der Waals surface area contributed by atoms with E-state index in [1.54, 1.807) is 0 Å². The molecule has 0 unspecified atom stereocenters. The van der Waals surface area contributed by atoms with Crippen LogP contribution in [0, 0.1) is 0 Å². The van der Waals surface area contributed by atoms with Crippen LogP contribution < -0.4 is 24.8 Å². The van der Waals surface area contributed by atoms with Crippen molar-refractivity contribution in [3.63, 3.8) is 0 Å². The average Bonchev–Trinajstić information content (AvgIpc) is 2.82. The molecule has 0 aliphatic heterocycles. The monoisotopic (exact) mass is 434 g/mol. The van der Waals surface area contributed by atoms with Crippen LogP contribution >= 0.6 is 0 Å². The molecule has 0 fully saturated rings. The Morgan fingerprint density at radius 3 is 2.03 bits per heavy atom. The highest BCUT2D eigenvalue weighted by Gasteiger charge is 2.05. The van der Waals surface area contributed by atoms with Gasteiger partial charge in [-0.3, -0.25) is 4.79 Å². The minimum absolute atomic E-state index is 0.140. The van der Waals surface area contributed by atoms with E-state index in [-0.39, 0.29) is 12.5 Å². The maximum Gasteiger partial charge on any atom is 0.243 e. The van der Waals surface area contributed by atoms with Gasteiger partial charge in [0.25, 0.3) is 0 Å². The molecule has 0 aliphatic rings. The number of carbonyl (C=O) groups excluding carboxylic acids is 1. The Morgan fingerprint density at radius 2 is 1.31 bits per heavy atom. The normalized spacial score (nSPS) is 10.3. The molecule has 6 nitrogen and oxygen atoms in total. The highest BCUT2D eigenvalue weighted by molar-refractivity contribution is 5.93. The van der Waals surface area contributed by atoms with Crippen molar-refractivity contribution in [1.82, 2.24) is 0 Å².